The molecule has 1 aliphatic rings. The predicted molar refractivity (Wildman–Crippen MR) is 112 cm³/mol. The number of nitrogens with zero attached hydrogens (tertiary/aromatic N) is 9. The maximum Gasteiger partial charge on any atom is 0.255 e. The van der Waals surface area contributed by atoms with Gasteiger partial charge in [-0.15, -0.1) is 0 Å². The highest BCUT2D eigenvalue weighted by Crippen LogP contribution is 2.20. The Kier molecular flexibility index (Phi) is 4.34. The van der Waals surface area contributed by atoms with Crippen molar-refractivity contribution in [3.05, 3.63) is 42.1 Å². The Morgan fingerprint density at radius 3 is 2.60 bits per heavy atom. The number of carbonyl (C=O) groups is 1. The van der Waals surface area contributed by atoms with Crippen LogP contribution in [0.25, 0.3) is 16.8 Å². The maximum absolute atomic E-state index is 13.1. The minimum atomic E-state index is -0.00170. The molecule has 0 N–H and O–H groups in total. The standard InChI is InChI=1S/C20H23N9O/c1-13(2)28-18-15(11-23-28)9-16(10-21-18)19(30)27-6-4-26(5-7-27)17-8-14(3)25-20-22-12-24-29(17)20/h8-13H,4-7H2,1-3H3. The molecule has 5 heterocycles. The van der Waals surface area contributed by atoms with Crippen LogP contribution >= 0.6 is 0 Å². The molecule has 10 nitrogen and oxygen atoms in total. The average Bonchev–Trinajstić information content (AvgIpc) is 3.39. The van der Waals surface area contributed by atoms with Gasteiger partial charge in [-0.1, -0.05) is 0 Å². The average molecular weight is 405 g/mol. The summed E-state index contributed by atoms with van der Waals surface area (Å²) in [5, 5.41) is 9.55. The summed E-state index contributed by atoms with van der Waals surface area (Å²) >= 11 is 0. The molecule has 0 saturated carbocycles. The van der Waals surface area contributed by atoms with Gasteiger partial charge >= 0.3 is 0 Å². The third-order valence-electron chi connectivity index (χ3n) is 5.42. The second-order valence-corrected chi connectivity index (χ2v) is 7.83. The van der Waals surface area contributed by atoms with Gasteiger partial charge in [0.05, 0.1) is 11.8 Å². The van der Waals surface area contributed by atoms with Crippen LogP contribution in [0, 0.1) is 6.92 Å². The zero-order valence-corrected chi connectivity index (χ0v) is 17.2. The zero-order chi connectivity index (χ0) is 20.8. The van der Waals surface area contributed by atoms with E-state index in [9.17, 15) is 4.79 Å². The molecule has 4 aromatic heterocycles. The number of aromatic nitrogens is 7. The van der Waals surface area contributed by atoms with Crippen LogP contribution < -0.4 is 4.90 Å². The Bertz CT molecular complexity index is 1230. The van der Waals surface area contributed by atoms with Gasteiger partial charge in [0.2, 0.25) is 0 Å². The van der Waals surface area contributed by atoms with E-state index in [1.807, 2.05) is 28.6 Å². The number of hydrogen-bond donors (Lipinski definition) is 0. The number of anilines is 1. The van der Waals surface area contributed by atoms with Crippen LogP contribution in [0.3, 0.4) is 0 Å². The molecule has 0 spiro atoms. The molecule has 0 aromatic carbocycles. The van der Waals surface area contributed by atoms with Crippen molar-refractivity contribution < 1.29 is 4.79 Å². The molecule has 1 aliphatic heterocycles. The molecule has 5 rings (SSSR count). The Morgan fingerprint density at radius 1 is 1.03 bits per heavy atom. The fourth-order valence-corrected chi connectivity index (χ4v) is 3.89. The van der Waals surface area contributed by atoms with Crippen LogP contribution in [-0.4, -0.2) is 71.3 Å². The van der Waals surface area contributed by atoms with Crippen LogP contribution in [0.1, 0.15) is 35.9 Å². The van der Waals surface area contributed by atoms with Gasteiger partial charge in [0, 0.05) is 55.6 Å². The predicted octanol–water partition coefficient (Wildman–Crippen LogP) is 1.72. The summed E-state index contributed by atoms with van der Waals surface area (Å²) in [6.45, 7) is 8.74. The molecule has 154 valence electrons. The molecular weight excluding hydrogens is 382 g/mol. The van der Waals surface area contributed by atoms with Crippen LogP contribution in [-0.2, 0) is 0 Å². The van der Waals surface area contributed by atoms with Crippen molar-refractivity contribution in [2.24, 2.45) is 0 Å². The van der Waals surface area contributed by atoms with Crippen molar-refractivity contribution in [2.75, 3.05) is 31.1 Å². The molecule has 4 aromatic rings. The highest BCUT2D eigenvalue weighted by atomic mass is 16.2. The lowest BCUT2D eigenvalue weighted by Crippen LogP contribution is -2.49. The molecule has 0 radical (unpaired) electrons. The minimum absolute atomic E-state index is 0.00170. The molecular formula is C20H23N9O. The van der Waals surface area contributed by atoms with E-state index in [1.165, 1.54) is 6.33 Å². The molecule has 0 unspecified atom stereocenters. The third kappa shape index (κ3) is 3.04. The SMILES string of the molecule is Cc1cc(N2CCN(C(=O)c3cnc4c(cnn4C(C)C)c3)CC2)n2ncnc2n1. The lowest BCUT2D eigenvalue weighted by atomic mass is 10.2. The number of carbonyl (C=O) groups excluding carboxylic acids is 1. The van der Waals surface area contributed by atoms with E-state index in [2.05, 4.69) is 43.9 Å². The third-order valence-corrected chi connectivity index (χ3v) is 5.42. The van der Waals surface area contributed by atoms with Gasteiger partial charge in [-0.05, 0) is 26.8 Å². The Balaban J connectivity index is 1.33. The normalized spacial score (nSPS) is 14.9. The Labute approximate surface area is 173 Å². The van der Waals surface area contributed by atoms with Crippen LogP contribution in [0.15, 0.2) is 30.9 Å². The van der Waals surface area contributed by atoms with Gasteiger partial charge in [-0.2, -0.15) is 19.7 Å². The van der Waals surface area contributed by atoms with E-state index in [0.29, 0.717) is 37.5 Å². The fourth-order valence-electron chi connectivity index (χ4n) is 3.89. The van der Waals surface area contributed by atoms with Crippen molar-refractivity contribution in [3.8, 4) is 0 Å². The molecule has 0 bridgehead atoms. The maximum atomic E-state index is 13.1. The van der Waals surface area contributed by atoms with Gasteiger partial charge in [0.25, 0.3) is 11.7 Å². The largest absolute Gasteiger partial charge is 0.353 e. The van der Waals surface area contributed by atoms with E-state index in [0.717, 1.165) is 22.5 Å². The Morgan fingerprint density at radius 2 is 1.83 bits per heavy atom. The number of fused-ring (bicyclic) bond motifs is 2. The minimum Gasteiger partial charge on any atom is -0.353 e. The van der Waals surface area contributed by atoms with Gasteiger partial charge < -0.3 is 9.80 Å². The van der Waals surface area contributed by atoms with E-state index in [-0.39, 0.29) is 11.9 Å². The first-order valence-corrected chi connectivity index (χ1v) is 10.1. The van der Waals surface area contributed by atoms with Gasteiger partial charge in [-0.25, -0.2) is 14.6 Å². The summed E-state index contributed by atoms with van der Waals surface area (Å²) in [5.41, 5.74) is 2.29. The number of rotatable bonds is 3. The number of pyridine rings is 1. The summed E-state index contributed by atoms with van der Waals surface area (Å²) in [4.78, 5) is 30.2. The summed E-state index contributed by atoms with van der Waals surface area (Å²) in [5.74, 6) is 1.54. The highest BCUT2D eigenvalue weighted by Gasteiger charge is 2.25. The second-order valence-electron chi connectivity index (χ2n) is 7.83. The number of hydrogen-bond acceptors (Lipinski definition) is 7. The molecule has 1 saturated heterocycles. The molecule has 10 heteroatoms. The van der Waals surface area contributed by atoms with Gasteiger partial charge in [0.15, 0.2) is 5.65 Å². The van der Waals surface area contributed by atoms with Crippen LogP contribution in [0.5, 0.6) is 0 Å². The van der Waals surface area contributed by atoms with Gasteiger partial charge in [0.1, 0.15) is 12.1 Å². The van der Waals surface area contributed by atoms with Gasteiger partial charge in [-0.3, -0.25) is 4.79 Å². The van der Waals surface area contributed by atoms with Crippen molar-refractivity contribution in [2.45, 2.75) is 26.8 Å². The lowest BCUT2D eigenvalue weighted by Gasteiger charge is -2.36. The van der Waals surface area contributed by atoms with E-state index < -0.39 is 0 Å². The first kappa shape index (κ1) is 18.5. The van der Waals surface area contributed by atoms with E-state index in [1.54, 1.807) is 16.9 Å². The van der Waals surface area contributed by atoms with E-state index >= 15 is 0 Å². The fraction of sp³-hybridized carbons (Fsp3) is 0.400. The number of aryl methyl sites for hydroxylation is 1. The number of amides is 1. The molecule has 1 amide bonds. The van der Waals surface area contributed by atoms with Crippen LogP contribution in [0.4, 0.5) is 5.82 Å². The second kappa shape index (κ2) is 7.05. The van der Waals surface area contributed by atoms with Crippen molar-refractivity contribution in [3.63, 3.8) is 0 Å². The summed E-state index contributed by atoms with van der Waals surface area (Å²) in [7, 11) is 0. The smallest absolute Gasteiger partial charge is 0.255 e. The molecule has 0 aliphatic carbocycles. The summed E-state index contributed by atoms with van der Waals surface area (Å²) in [6.07, 6.45) is 4.94. The lowest BCUT2D eigenvalue weighted by molar-refractivity contribution is 0.0746. The highest BCUT2D eigenvalue weighted by molar-refractivity contribution is 5.97. The Hall–Kier alpha value is -3.56. The topological polar surface area (TPSA) is 97.3 Å². The summed E-state index contributed by atoms with van der Waals surface area (Å²) < 4.78 is 3.61. The number of piperazine rings is 1. The monoisotopic (exact) mass is 405 g/mol. The first-order chi connectivity index (χ1) is 14.5. The quantitative estimate of drug-likeness (QED) is 0.512. The first-order valence-electron chi connectivity index (χ1n) is 10.1. The molecule has 0 atom stereocenters. The van der Waals surface area contributed by atoms with Crippen LogP contribution in [0.2, 0.25) is 0 Å². The van der Waals surface area contributed by atoms with Crippen molar-refractivity contribution in [1.29, 1.82) is 0 Å². The van der Waals surface area contributed by atoms with Crippen molar-refractivity contribution >= 4 is 28.5 Å². The molecule has 1 fully saturated rings. The summed E-state index contributed by atoms with van der Waals surface area (Å²) in [6, 6.07) is 4.11. The van der Waals surface area contributed by atoms with E-state index in [4.69, 9.17) is 0 Å². The molecule has 30 heavy (non-hydrogen) atoms. The zero-order valence-electron chi connectivity index (χ0n) is 17.2. The van der Waals surface area contributed by atoms with Crippen molar-refractivity contribution in [1.82, 2.24) is 39.2 Å².